The molecule has 0 atom stereocenters. The van der Waals surface area contributed by atoms with Crippen LogP contribution in [0.15, 0.2) is 59.4 Å². The number of aromatic hydroxyl groups is 1. The van der Waals surface area contributed by atoms with E-state index in [4.69, 9.17) is 27.6 Å². The number of phenols is 1. The molecular formula is C23H12Cl2F3N5O3. The monoisotopic (exact) mass is 533 g/mol. The molecule has 13 heteroatoms. The average Bonchev–Trinajstić information content (AvgIpc) is 3.44. The lowest BCUT2D eigenvalue weighted by Gasteiger charge is -2.15. The highest BCUT2D eigenvalue weighted by Gasteiger charge is 2.42. The van der Waals surface area contributed by atoms with Gasteiger partial charge in [0.25, 0.3) is 17.6 Å². The summed E-state index contributed by atoms with van der Waals surface area (Å²) in [6, 6.07) is 9.39. The summed E-state index contributed by atoms with van der Waals surface area (Å²) in [4.78, 5) is 21.1. The summed E-state index contributed by atoms with van der Waals surface area (Å²) in [5.41, 5.74) is -1.47. The normalized spacial score (nSPS) is 11.8. The number of ketones is 1. The van der Waals surface area contributed by atoms with Gasteiger partial charge in [0.1, 0.15) is 23.5 Å². The number of fused-ring (bicyclic) bond motifs is 1. The van der Waals surface area contributed by atoms with E-state index in [1.165, 1.54) is 48.9 Å². The Labute approximate surface area is 209 Å². The molecule has 182 valence electrons. The fraction of sp³-hybridized carbons (Fsp3) is 0.0870. The van der Waals surface area contributed by atoms with Crippen LogP contribution in [0.5, 0.6) is 5.75 Å². The summed E-state index contributed by atoms with van der Waals surface area (Å²) in [7, 11) is 0. The highest BCUT2D eigenvalue weighted by molar-refractivity contribution is 6.35. The number of carbonyl (C=O) groups is 1. The molecule has 8 nitrogen and oxygen atoms in total. The molecule has 0 aliphatic rings. The second kappa shape index (κ2) is 8.92. The predicted octanol–water partition coefficient (Wildman–Crippen LogP) is 5.79. The minimum absolute atomic E-state index is 0.0324. The van der Waals surface area contributed by atoms with Crippen LogP contribution in [0.3, 0.4) is 0 Å². The molecular weight excluding hydrogens is 522 g/mol. The van der Waals surface area contributed by atoms with E-state index in [-0.39, 0.29) is 39.8 Å². The van der Waals surface area contributed by atoms with Crippen molar-refractivity contribution in [2.24, 2.45) is 0 Å². The summed E-state index contributed by atoms with van der Waals surface area (Å²) in [6.07, 6.45) is -2.37. The van der Waals surface area contributed by atoms with Crippen molar-refractivity contribution in [1.82, 2.24) is 24.7 Å². The van der Waals surface area contributed by atoms with Crippen LogP contribution in [0.1, 0.15) is 27.5 Å². The first-order valence-corrected chi connectivity index (χ1v) is 10.9. The zero-order valence-corrected chi connectivity index (χ0v) is 19.3. The van der Waals surface area contributed by atoms with Crippen molar-refractivity contribution in [1.29, 1.82) is 0 Å². The van der Waals surface area contributed by atoms with E-state index < -0.39 is 29.1 Å². The highest BCUT2D eigenvalue weighted by Crippen LogP contribution is 2.41. The molecule has 0 aliphatic heterocycles. The molecule has 3 heterocycles. The summed E-state index contributed by atoms with van der Waals surface area (Å²) in [5.74, 6) is -2.36. The third-order valence-corrected chi connectivity index (χ3v) is 5.89. The van der Waals surface area contributed by atoms with Crippen LogP contribution >= 0.6 is 23.2 Å². The third kappa shape index (κ3) is 4.27. The van der Waals surface area contributed by atoms with Crippen LogP contribution < -0.4 is 0 Å². The Morgan fingerprint density at radius 1 is 1.08 bits per heavy atom. The van der Waals surface area contributed by atoms with Gasteiger partial charge in [-0.15, -0.1) is 10.2 Å². The highest BCUT2D eigenvalue weighted by atomic mass is 35.5. The van der Waals surface area contributed by atoms with Crippen molar-refractivity contribution >= 4 is 39.9 Å². The molecule has 0 amide bonds. The Bertz CT molecular complexity index is 1620. The van der Waals surface area contributed by atoms with Crippen LogP contribution in [0.25, 0.3) is 22.5 Å². The molecule has 0 bridgehead atoms. The molecule has 3 aromatic heterocycles. The van der Waals surface area contributed by atoms with E-state index in [9.17, 15) is 23.1 Å². The molecule has 0 saturated carbocycles. The van der Waals surface area contributed by atoms with E-state index in [1.807, 2.05) is 0 Å². The van der Waals surface area contributed by atoms with Crippen molar-refractivity contribution in [3.63, 3.8) is 0 Å². The van der Waals surface area contributed by atoms with E-state index in [1.54, 1.807) is 0 Å². The first-order valence-electron chi connectivity index (χ1n) is 10.1. The quantitative estimate of drug-likeness (QED) is 0.285. The lowest BCUT2D eigenvalue weighted by Crippen LogP contribution is -2.19. The van der Waals surface area contributed by atoms with Gasteiger partial charge in [-0.1, -0.05) is 29.3 Å². The number of nitrogens with zero attached hydrogens (tertiary/aromatic N) is 5. The second-order valence-electron chi connectivity index (χ2n) is 7.58. The number of aromatic nitrogens is 5. The molecule has 5 rings (SSSR count). The standard InChI is InChI=1S/C23H12Cl2F3N5O3/c24-12-2-1-11(15(25)7-12)9-33-17-4-3-13(34)8-14(17)18(20(33)23(26,27)28)19(35)22-32-31-21(36-22)16-5-6-29-10-30-16/h1-8,10,34H,9H2. The lowest BCUT2D eigenvalue weighted by molar-refractivity contribution is -0.143. The SMILES string of the molecule is O=C(c1nnc(-c2ccncn2)o1)c1c(C(F)(F)F)n(Cc2ccc(Cl)cc2Cl)c2ccc(O)cc12. The second-order valence-corrected chi connectivity index (χ2v) is 8.42. The minimum Gasteiger partial charge on any atom is -0.508 e. The van der Waals surface area contributed by atoms with E-state index >= 15 is 0 Å². The molecule has 0 spiro atoms. The summed E-state index contributed by atoms with van der Waals surface area (Å²) < 4.78 is 49.7. The van der Waals surface area contributed by atoms with Crippen molar-refractivity contribution in [3.8, 4) is 17.3 Å². The van der Waals surface area contributed by atoms with Crippen LogP contribution in [0, 0.1) is 0 Å². The molecule has 5 aromatic rings. The molecule has 0 saturated heterocycles. The van der Waals surface area contributed by atoms with Crippen molar-refractivity contribution in [2.75, 3.05) is 0 Å². The van der Waals surface area contributed by atoms with Crippen molar-refractivity contribution < 1.29 is 27.5 Å². The number of hydrogen-bond donors (Lipinski definition) is 1. The largest absolute Gasteiger partial charge is 0.508 e. The van der Waals surface area contributed by atoms with E-state index in [0.717, 1.165) is 10.6 Å². The maximum absolute atomic E-state index is 14.5. The Hall–Kier alpha value is -3.96. The Kier molecular flexibility index (Phi) is 5.89. The Morgan fingerprint density at radius 3 is 2.58 bits per heavy atom. The number of carbonyl (C=O) groups excluding carboxylic acids is 1. The number of rotatable bonds is 5. The average molecular weight is 534 g/mol. The van der Waals surface area contributed by atoms with Gasteiger partial charge >= 0.3 is 6.18 Å². The molecule has 2 aromatic carbocycles. The van der Waals surface area contributed by atoms with Crippen molar-refractivity contribution in [2.45, 2.75) is 12.7 Å². The Balaban J connectivity index is 1.71. The maximum Gasteiger partial charge on any atom is 0.432 e. The van der Waals surface area contributed by atoms with Gasteiger partial charge in [0, 0.05) is 33.7 Å². The molecule has 0 unspecified atom stereocenters. The smallest absolute Gasteiger partial charge is 0.432 e. The molecule has 0 radical (unpaired) electrons. The fourth-order valence-electron chi connectivity index (χ4n) is 3.79. The van der Waals surface area contributed by atoms with Crippen LogP contribution in [-0.2, 0) is 12.7 Å². The van der Waals surface area contributed by atoms with Crippen LogP contribution in [-0.4, -0.2) is 35.6 Å². The van der Waals surface area contributed by atoms with E-state index in [0.29, 0.717) is 10.6 Å². The van der Waals surface area contributed by atoms with Crippen molar-refractivity contribution in [3.05, 3.63) is 87.7 Å². The number of phenolic OH excluding ortho intramolecular Hbond substituents is 1. The third-order valence-electron chi connectivity index (χ3n) is 5.31. The first-order chi connectivity index (χ1) is 17.1. The van der Waals surface area contributed by atoms with Gasteiger partial charge < -0.3 is 14.1 Å². The number of benzene rings is 2. The maximum atomic E-state index is 14.5. The fourth-order valence-corrected chi connectivity index (χ4v) is 4.26. The Morgan fingerprint density at radius 2 is 1.89 bits per heavy atom. The molecule has 1 N–H and O–H groups in total. The summed E-state index contributed by atoms with van der Waals surface area (Å²) in [5, 5.41) is 17.7. The number of hydrogen-bond acceptors (Lipinski definition) is 7. The minimum atomic E-state index is -4.98. The van der Waals surface area contributed by atoms with Gasteiger partial charge in [0.05, 0.1) is 5.56 Å². The first kappa shape index (κ1) is 23.8. The van der Waals surface area contributed by atoms with Gasteiger partial charge in [-0.05, 0) is 42.0 Å². The number of alkyl halides is 3. The van der Waals surface area contributed by atoms with Gasteiger partial charge in [-0.2, -0.15) is 13.2 Å². The van der Waals surface area contributed by atoms with Crippen LogP contribution in [0.4, 0.5) is 13.2 Å². The van der Waals surface area contributed by atoms with Crippen LogP contribution in [0.2, 0.25) is 10.0 Å². The van der Waals surface area contributed by atoms with Gasteiger partial charge in [-0.25, -0.2) is 9.97 Å². The summed E-state index contributed by atoms with van der Waals surface area (Å²) >= 11 is 12.1. The zero-order valence-electron chi connectivity index (χ0n) is 17.8. The van der Waals surface area contributed by atoms with Gasteiger partial charge in [0.15, 0.2) is 0 Å². The number of halogens is 5. The predicted molar refractivity (Wildman–Crippen MR) is 123 cm³/mol. The van der Waals surface area contributed by atoms with Gasteiger partial charge in [-0.3, -0.25) is 4.79 Å². The summed E-state index contributed by atoms with van der Waals surface area (Å²) in [6.45, 7) is -0.338. The topological polar surface area (TPSA) is 107 Å². The molecule has 0 fully saturated rings. The van der Waals surface area contributed by atoms with Gasteiger partial charge in [0.2, 0.25) is 0 Å². The lowest BCUT2D eigenvalue weighted by atomic mass is 10.1. The van der Waals surface area contributed by atoms with E-state index in [2.05, 4.69) is 20.2 Å². The molecule has 0 aliphatic carbocycles. The zero-order chi connectivity index (χ0) is 25.6. The molecule has 36 heavy (non-hydrogen) atoms.